The van der Waals surface area contributed by atoms with Crippen molar-refractivity contribution in [3.05, 3.63) is 89.2 Å². The monoisotopic (exact) mass is 388 g/mol. The lowest BCUT2D eigenvalue weighted by Crippen LogP contribution is -2.30. The maximum Gasteiger partial charge on any atom is 0.265 e. The lowest BCUT2D eigenvalue weighted by molar-refractivity contribution is -0.122. The molecule has 1 amide bonds. The maximum absolute atomic E-state index is 12.6. The molecule has 0 aliphatic rings. The minimum absolute atomic E-state index is 0.164. The molecular weight excluding hydrogens is 360 g/mol. The lowest BCUT2D eigenvalue weighted by Gasteiger charge is -2.19. The molecular formula is C25H28N2O2. The van der Waals surface area contributed by atoms with E-state index in [9.17, 15) is 4.79 Å². The first-order valence-corrected chi connectivity index (χ1v) is 9.98. The maximum atomic E-state index is 12.6. The Kier molecular flexibility index (Phi) is 6.65. The molecule has 150 valence electrons. The zero-order valence-corrected chi connectivity index (χ0v) is 17.5. The van der Waals surface area contributed by atoms with E-state index in [1.807, 2.05) is 49.4 Å². The number of carbonyl (C=O) groups is 1. The van der Waals surface area contributed by atoms with E-state index in [0.29, 0.717) is 5.92 Å². The second-order valence-corrected chi connectivity index (χ2v) is 7.67. The van der Waals surface area contributed by atoms with Crippen LogP contribution in [0.3, 0.4) is 0 Å². The average molecular weight is 389 g/mol. The van der Waals surface area contributed by atoms with Crippen LogP contribution in [-0.2, 0) is 11.2 Å². The second-order valence-electron chi connectivity index (χ2n) is 7.67. The summed E-state index contributed by atoms with van der Waals surface area (Å²) in [4.78, 5) is 16.7. The number of aryl methyl sites for hydroxylation is 1. The fourth-order valence-corrected chi connectivity index (χ4v) is 3.15. The highest BCUT2D eigenvalue weighted by molar-refractivity contribution is 5.94. The molecule has 0 spiro atoms. The van der Waals surface area contributed by atoms with Gasteiger partial charge < -0.3 is 10.1 Å². The fraction of sp³-hybridized carbons (Fsp3) is 0.280. The molecule has 0 bridgehead atoms. The Balaban J connectivity index is 1.62. The predicted octanol–water partition coefficient (Wildman–Crippen LogP) is 5.51. The highest BCUT2D eigenvalue weighted by atomic mass is 16.5. The van der Waals surface area contributed by atoms with Gasteiger partial charge in [-0.1, -0.05) is 38.1 Å². The Hall–Kier alpha value is -3.14. The van der Waals surface area contributed by atoms with Gasteiger partial charge in [-0.15, -0.1) is 0 Å². The van der Waals surface area contributed by atoms with Crippen LogP contribution in [0.25, 0.3) is 0 Å². The third kappa shape index (κ3) is 5.67. The van der Waals surface area contributed by atoms with Gasteiger partial charge in [-0.2, -0.15) is 0 Å². The van der Waals surface area contributed by atoms with Gasteiger partial charge in [0.05, 0.1) is 0 Å². The van der Waals surface area contributed by atoms with E-state index in [2.05, 4.69) is 36.3 Å². The summed E-state index contributed by atoms with van der Waals surface area (Å²) < 4.78 is 6.01. The number of nitrogens with one attached hydrogen (secondary N) is 1. The molecule has 1 atom stereocenters. The van der Waals surface area contributed by atoms with Crippen molar-refractivity contribution in [2.24, 2.45) is 0 Å². The molecule has 1 aromatic heterocycles. The molecule has 1 heterocycles. The van der Waals surface area contributed by atoms with Gasteiger partial charge in [-0.05, 0) is 78.8 Å². The molecule has 2 aromatic carbocycles. The van der Waals surface area contributed by atoms with Gasteiger partial charge in [0.1, 0.15) is 5.75 Å². The smallest absolute Gasteiger partial charge is 0.265 e. The Morgan fingerprint density at radius 1 is 0.966 bits per heavy atom. The van der Waals surface area contributed by atoms with Crippen molar-refractivity contribution in [2.75, 3.05) is 5.32 Å². The Morgan fingerprint density at radius 2 is 1.62 bits per heavy atom. The molecule has 0 aliphatic carbocycles. The standard InChI is InChI=1S/C25H28N2O2/c1-17(2)23-10-5-18(3)15-24(23)29-19(4)25(28)27-22-8-6-20(7-9-22)16-21-11-13-26-14-12-21/h5-15,17,19H,16H2,1-4H3,(H,27,28)/t19-/m1/s1. The topological polar surface area (TPSA) is 51.2 Å². The summed E-state index contributed by atoms with van der Waals surface area (Å²) in [5, 5.41) is 2.94. The third-order valence-corrected chi connectivity index (χ3v) is 4.84. The lowest BCUT2D eigenvalue weighted by atomic mass is 10.0. The normalized spacial score (nSPS) is 11.9. The molecule has 1 N–H and O–H groups in total. The molecule has 4 nitrogen and oxygen atoms in total. The van der Waals surface area contributed by atoms with Crippen LogP contribution in [0.15, 0.2) is 67.0 Å². The van der Waals surface area contributed by atoms with Gasteiger partial charge >= 0.3 is 0 Å². The molecule has 0 radical (unpaired) electrons. The van der Waals surface area contributed by atoms with Gasteiger partial charge in [-0.3, -0.25) is 9.78 Å². The predicted molar refractivity (Wildman–Crippen MR) is 117 cm³/mol. The average Bonchev–Trinajstić information content (AvgIpc) is 2.70. The molecule has 29 heavy (non-hydrogen) atoms. The van der Waals surface area contributed by atoms with E-state index in [0.717, 1.165) is 29.0 Å². The Bertz CT molecular complexity index is 950. The van der Waals surface area contributed by atoms with Crippen LogP contribution in [0.5, 0.6) is 5.75 Å². The van der Waals surface area contributed by atoms with Crippen LogP contribution in [0, 0.1) is 6.92 Å². The summed E-state index contributed by atoms with van der Waals surface area (Å²) >= 11 is 0. The number of rotatable bonds is 7. The number of hydrogen-bond donors (Lipinski definition) is 1. The number of amides is 1. The van der Waals surface area contributed by atoms with Crippen LogP contribution in [-0.4, -0.2) is 17.0 Å². The molecule has 0 fully saturated rings. The van der Waals surface area contributed by atoms with Gasteiger partial charge in [0, 0.05) is 18.1 Å². The number of anilines is 1. The third-order valence-electron chi connectivity index (χ3n) is 4.84. The molecule has 0 saturated heterocycles. The number of aromatic nitrogens is 1. The van der Waals surface area contributed by atoms with E-state index in [-0.39, 0.29) is 5.91 Å². The summed E-state index contributed by atoms with van der Waals surface area (Å²) in [7, 11) is 0. The number of nitrogens with zero attached hydrogens (tertiary/aromatic N) is 1. The fourth-order valence-electron chi connectivity index (χ4n) is 3.15. The molecule has 0 unspecified atom stereocenters. The van der Waals surface area contributed by atoms with Crippen LogP contribution in [0.4, 0.5) is 5.69 Å². The van der Waals surface area contributed by atoms with Crippen molar-refractivity contribution in [2.45, 2.75) is 46.1 Å². The molecule has 3 rings (SSSR count). The molecule has 0 saturated carbocycles. The van der Waals surface area contributed by atoms with Crippen molar-refractivity contribution in [3.63, 3.8) is 0 Å². The quantitative estimate of drug-likeness (QED) is 0.580. The van der Waals surface area contributed by atoms with E-state index < -0.39 is 6.10 Å². The summed E-state index contributed by atoms with van der Waals surface area (Å²) in [6.45, 7) is 8.04. The van der Waals surface area contributed by atoms with E-state index in [4.69, 9.17) is 4.74 Å². The zero-order valence-electron chi connectivity index (χ0n) is 17.5. The van der Waals surface area contributed by atoms with Gasteiger partial charge in [-0.25, -0.2) is 0 Å². The van der Waals surface area contributed by atoms with Crippen molar-refractivity contribution >= 4 is 11.6 Å². The van der Waals surface area contributed by atoms with Gasteiger partial charge in [0.15, 0.2) is 6.10 Å². The first kappa shape index (κ1) is 20.6. The Morgan fingerprint density at radius 3 is 2.28 bits per heavy atom. The van der Waals surface area contributed by atoms with Gasteiger partial charge in [0.25, 0.3) is 5.91 Å². The van der Waals surface area contributed by atoms with Crippen LogP contribution < -0.4 is 10.1 Å². The zero-order chi connectivity index (χ0) is 20.8. The SMILES string of the molecule is Cc1ccc(C(C)C)c(O[C@H](C)C(=O)Nc2ccc(Cc3ccncc3)cc2)c1. The minimum Gasteiger partial charge on any atom is -0.481 e. The van der Waals surface area contributed by atoms with E-state index >= 15 is 0 Å². The molecule has 0 aliphatic heterocycles. The van der Waals surface area contributed by atoms with Crippen LogP contribution in [0.2, 0.25) is 0 Å². The first-order valence-electron chi connectivity index (χ1n) is 9.98. The van der Waals surface area contributed by atoms with Crippen LogP contribution >= 0.6 is 0 Å². The van der Waals surface area contributed by atoms with E-state index in [1.54, 1.807) is 19.3 Å². The summed E-state index contributed by atoms with van der Waals surface area (Å²) in [5.41, 5.74) is 5.37. The molecule has 4 heteroatoms. The number of ether oxygens (including phenoxy) is 1. The summed E-state index contributed by atoms with van der Waals surface area (Å²) in [5.74, 6) is 0.937. The van der Waals surface area contributed by atoms with Gasteiger partial charge in [0.2, 0.25) is 0 Å². The number of carbonyl (C=O) groups excluding carboxylic acids is 1. The largest absolute Gasteiger partial charge is 0.481 e. The summed E-state index contributed by atoms with van der Waals surface area (Å²) in [6.07, 6.45) is 3.83. The summed E-state index contributed by atoms with van der Waals surface area (Å²) in [6, 6.07) is 18.0. The first-order chi connectivity index (χ1) is 13.9. The minimum atomic E-state index is -0.592. The highest BCUT2D eigenvalue weighted by Crippen LogP contribution is 2.28. The number of pyridine rings is 1. The van der Waals surface area contributed by atoms with Crippen molar-refractivity contribution in [1.82, 2.24) is 4.98 Å². The van der Waals surface area contributed by atoms with Crippen LogP contribution in [0.1, 0.15) is 48.9 Å². The second kappa shape index (κ2) is 9.37. The molecule has 3 aromatic rings. The number of hydrogen-bond acceptors (Lipinski definition) is 3. The number of benzene rings is 2. The van der Waals surface area contributed by atoms with E-state index in [1.165, 1.54) is 11.1 Å². The van der Waals surface area contributed by atoms with Crippen molar-refractivity contribution in [1.29, 1.82) is 0 Å². The Labute approximate surface area is 173 Å². The van der Waals surface area contributed by atoms with Crippen molar-refractivity contribution in [3.8, 4) is 5.75 Å². The highest BCUT2D eigenvalue weighted by Gasteiger charge is 2.18. The van der Waals surface area contributed by atoms with Crippen molar-refractivity contribution < 1.29 is 9.53 Å².